The maximum absolute atomic E-state index is 5.42. The SMILES string of the molecule is Cc1ccc(C=Cc2nc(SC(C)C)n[nH]2)o1. The van der Waals surface area contributed by atoms with E-state index in [9.17, 15) is 0 Å². The van der Waals surface area contributed by atoms with Gasteiger partial charge in [0.05, 0.1) is 0 Å². The number of hydrogen-bond acceptors (Lipinski definition) is 4. The predicted molar refractivity (Wildman–Crippen MR) is 69.7 cm³/mol. The Bertz CT molecular complexity index is 513. The number of H-pyrrole nitrogens is 1. The van der Waals surface area contributed by atoms with Crippen molar-refractivity contribution in [1.82, 2.24) is 15.2 Å². The number of hydrogen-bond donors (Lipinski definition) is 1. The molecular formula is C12H15N3OS. The van der Waals surface area contributed by atoms with Crippen LogP contribution in [0.3, 0.4) is 0 Å². The molecule has 4 nitrogen and oxygen atoms in total. The molecule has 5 heteroatoms. The fourth-order valence-corrected chi connectivity index (χ4v) is 1.97. The summed E-state index contributed by atoms with van der Waals surface area (Å²) >= 11 is 1.63. The summed E-state index contributed by atoms with van der Waals surface area (Å²) in [5.41, 5.74) is 0. The van der Waals surface area contributed by atoms with E-state index in [1.165, 1.54) is 0 Å². The number of aryl methyl sites for hydroxylation is 1. The molecule has 0 aliphatic rings. The van der Waals surface area contributed by atoms with Gasteiger partial charge in [-0.25, -0.2) is 4.98 Å². The van der Waals surface area contributed by atoms with Crippen LogP contribution >= 0.6 is 11.8 Å². The summed E-state index contributed by atoms with van der Waals surface area (Å²) in [6, 6.07) is 3.85. The van der Waals surface area contributed by atoms with Crippen molar-refractivity contribution >= 4 is 23.9 Å². The Hall–Kier alpha value is -1.49. The molecule has 17 heavy (non-hydrogen) atoms. The second-order valence-electron chi connectivity index (χ2n) is 3.95. The molecule has 0 aliphatic heterocycles. The second kappa shape index (κ2) is 5.23. The van der Waals surface area contributed by atoms with E-state index < -0.39 is 0 Å². The molecule has 0 amide bonds. The van der Waals surface area contributed by atoms with Crippen molar-refractivity contribution < 1.29 is 4.42 Å². The second-order valence-corrected chi connectivity index (χ2v) is 5.50. The lowest BCUT2D eigenvalue weighted by Gasteiger charge is -1.96. The zero-order valence-corrected chi connectivity index (χ0v) is 10.9. The third kappa shape index (κ3) is 3.49. The Morgan fingerprint density at radius 3 is 2.82 bits per heavy atom. The lowest BCUT2D eigenvalue weighted by Crippen LogP contribution is -1.86. The first kappa shape index (κ1) is 12.0. The van der Waals surface area contributed by atoms with Crippen molar-refractivity contribution in [2.45, 2.75) is 31.2 Å². The molecule has 2 aromatic rings. The van der Waals surface area contributed by atoms with Crippen LogP contribution in [0.5, 0.6) is 0 Å². The standard InChI is InChI=1S/C12H15N3OS/c1-8(2)17-12-13-11(14-15-12)7-6-10-5-4-9(3)16-10/h4-8H,1-3H3,(H,13,14,15). The summed E-state index contributed by atoms with van der Waals surface area (Å²) < 4.78 is 5.42. The molecule has 2 aromatic heterocycles. The number of aromatic amines is 1. The van der Waals surface area contributed by atoms with Gasteiger partial charge in [-0.05, 0) is 31.2 Å². The van der Waals surface area contributed by atoms with Gasteiger partial charge >= 0.3 is 0 Å². The molecule has 2 rings (SSSR count). The van der Waals surface area contributed by atoms with Crippen LogP contribution in [0.1, 0.15) is 31.2 Å². The summed E-state index contributed by atoms with van der Waals surface area (Å²) in [5.74, 6) is 2.46. The Balaban J connectivity index is 2.03. The summed E-state index contributed by atoms with van der Waals surface area (Å²) in [6.07, 6.45) is 3.73. The molecule has 0 radical (unpaired) electrons. The fraction of sp³-hybridized carbons (Fsp3) is 0.333. The van der Waals surface area contributed by atoms with E-state index in [-0.39, 0.29) is 0 Å². The largest absolute Gasteiger partial charge is 0.462 e. The molecule has 0 unspecified atom stereocenters. The minimum atomic E-state index is 0.482. The van der Waals surface area contributed by atoms with Crippen LogP contribution in [0.2, 0.25) is 0 Å². The quantitative estimate of drug-likeness (QED) is 0.844. The molecule has 2 heterocycles. The maximum Gasteiger partial charge on any atom is 0.208 e. The van der Waals surface area contributed by atoms with E-state index >= 15 is 0 Å². The molecular weight excluding hydrogens is 234 g/mol. The average molecular weight is 249 g/mol. The molecule has 0 saturated heterocycles. The number of thioether (sulfide) groups is 1. The van der Waals surface area contributed by atoms with Gasteiger partial charge < -0.3 is 4.42 Å². The minimum absolute atomic E-state index is 0.482. The van der Waals surface area contributed by atoms with E-state index in [2.05, 4.69) is 29.0 Å². The molecule has 0 atom stereocenters. The highest BCUT2D eigenvalue weighted by Crippen LogP contribution is 2.18. The first-order valence-electron chi connectivity index (χ1n) is 5.47. The van der Waals surface area contributed by atoms with E-state index in [1.54, 1.807) is 11.8 Å². The average Bonchev–Trinajstić information content (AvgIpc) is 2.84. The van der Waals surface area contributed by atoms with Gasteiger partial charge in [0, 0.05) is 5.25 Å². The van der Waals surface area contributed by atoms with Gasteiger partial charge in [0.1, 0.15) is 17.3 Å². The van der Waals surface area contributed by atoms with Crippen LogP contribution in [0.25, 0.3) is 12.2 Å². The Labute approximate surface area is 105 Å². The molecule has 0 aliphatic carbocycles. The van der Waals surface area contributed by atoms with Gasteiger partial charge in [0.2, 0.25) is 5.16 Å². The smallest absolute Gasteiger partial charge is 0.208 e. The van der Waals surface area contributed by atoms with Crippen LogP contribution in [0, 0.1) is 6.92 Å². The zero-order valence-electron chi connectivity index (χ0n) is 10.1. The fourth-order valence-electron chi connectivity index (χ4n) is 1.30. The third-order valence-electron chi connectivity index (χ3n) is 1.99. The van der Waals surface area contributed by atoms with E-state index in [0.717, 1.165) is 22.5 Å². The van der Waals surface area contributed by atoms with Gasteiger partial charge in [-0.1, -0.05) is 25.6 Å². The van der Waals surface area contributed by atoms with Crippen molar-refractivity contribution in [2.75, 3.05) is 0 Å². The number of nitrogens with one attached hydrogen (secondary N) is 1. The van der Waals surface area contributed by atoms with Gasteiger partial charge in [-0.15, -0.1) is 5.10 Å². The zero-order chi connectivity index (χ0) is 12.3. The van der Waals surface area contributed by atoms with E-state index in [0.29, 0.717) is 5.25 Å². The van der Waals surface area contributed by atoms with Crippen LogP contribution < -0.4 is 0 Å². The first-order chi connectivity index (χ1) is 8.13. The van der Waals surface area contributed by atoms with E-state index in [1.807, 2.05) is 31.2 Å². The van der Waals surface area contributed by atoms with Gasteiger partial charge in [-0.3, -0.25) is 5.10 Å². The van der Waals surface area contributed by atoms with Crippen molar-refractivity contribution in [1.29, 1.82) is 0 Å². The number of furan rings is 1. The van der Waals surface area contributed by atoms with Crippen LogP contribution in [0.15, 0.2) is 21.7 Å². The van der Waals surface area contributed by atoms with Crippen molar-refractivity contribution in [3.63, 3.8) is 0 Å². The summed E-state index contributed by atoms with van der Waals surface area (Å²) in [7, 11) is 0. The molecule has 0 bridgehead atoms. The van der Waals surface area contributed by atoms with Crippen LogP contribution in [0.4, 0.5) is 0 Å². The van der Waals surface area contributed by atoms with Crippen molar-refractivity contribution in [3.05, 3.63) is 29.5 Å². The Morgan fingerprint density at radius 2 is 2.18 bits per heavy atom. The predicted octanol–water partition coefficient (Wildman–Crippen LogP) is 3.38. The lowest BCUT2D eigenvalue weighted by atomic mass is 10.4. The Kier molecular flexibility index (Phi) is 3.68. The number of rotatable bonds is 4. The van der Waals surface area contributed by atoms with Crippen LogP contribution in [-0.2, 0) is 0 Å². The summed E-state index contributed by atoms with van der Waals surface area (Å²) in [6.45, 7) is 6.15. The highest BCUT2D eigenvalue weighted by Gasteiger charge is 2.04. The third-order valence-corrected chi connectivity index (χ3v) is 2.85. The minimum Gasteiger partial charge on any atom is -0.462 e. The van der Waals surface area contributed by atoms with Gasteiger partial charge in [0.15, 0.2) is 0 Å². The monoisotopic (exact) mass is 249 g/mol. The molecule has 90 valence electrons. The lowest BCUT2D eigenvalue weighted by molar-refractivity contribution is 0.525. The molecule has 0 spiro atoms. The summed E-state index contributed by atoms with van der Waals surface area (Å²) in [5, 5.41) is 8.25. The highest BCUT2D eigenvalue weighted by molar-refractivity contribution is 7.99. The molecule has 0 fully saturated rings. The van der Waals surface area contributed by atoms with Crippen molar-refractivity contribution in [3.8, 4) is 0 Å². The maximum atomic E-state index is 5.42. The highest BCUT2D eigenvalue weighted by atomic mass is 32.2. The number of aromatic nitrogens is 3. The molecule has 0 aromatic carbocycles. The number of nitrogens with zero attached hydrogens (tertiary/aromatic N) is 2. The van der Waals surface area contributed by atoms with Crippen molar-refractivity contribution in [2.24, 2.45) is 0 Å². The van der Waals surface area contributed by atoms with Gasteiger partial charge in [0.25, 0.3) is 0 Å². The summed E-state index contributed by atoms with van der Waals surface area (Å²) in [4.78, 5) is 4.34. The molecule has 1 N–H and O–H groups in total. The first-order valence-corrected chi connectivity index (χ1v) is 6.35. The van der Waals surface area contributed by atoms with Gasteiger partial charge in [-0.2, -0.15) is 0 Å². The molecule has 0 saturated carbocycles. The normalized spacial score (nSPS) is 11.8. The topological polar surface area (TPSA) is 54.7 Å². The Morgan fingerprint density at radius 1 is 1.35 bits per heavy atom. The van der Waals surface area contributed by atoms with Crippen LogP contribution in [-0.4, -0.2) is 20.4 Å². The van der Waals surface area contributed by atoms with E-state index in [4.69, 9.17) is 4.42 Å².